The predicted molar refractivity (Wildman–Crippen MR) is 81.9 cm³/mol. The molecule has 0 bridgehead atoms. The number of aliphatic hydroxyl groups excluding tert-OH is 1. The molecule has 0 aromatic heterocycles. The number of carbonyl (C=O) groups excluding carboxylic acids is 1. The third-order valence-electron chi connectivity index (χ3n) is 3.61. The zero-order valence-electron chi connectivity index (χ0n) is 12.4. The van der Waals surface area contributed by atoms with E-state index in [4.69, 9.17) is 16.3 Å². The third kappa shape index (κ3) is 3.78. The highest BCUT2D eigenvalue weighted by molar-refractivity contribution is 6.30. The Bertz CT molecular complexity index is 589. The van der Waals surface area contributed by atoms with E-state index in [0.29, 0.717) is 36.3 Å². The smallest absolute Gasteiger partial charge is 0.251 e. The van der Waals surface area contributed by atoms with Gasteiger partial charge in [-0.25, -0.2) is 4.39 Å². The highest BCUT2D eigenvalue weighted by atomic mass is 35.5. The lowest BCUT2D eigenvalue weighted by Gasteiger charge is -2.23. The Labute approximate surface area is 133 Å². The molecule has 4 nitrogen and oxygen atoms in total. The number of carbonyl (C=O) groups is 1. The first-order valence-corrected chi connectivity index (χ1v) is 7.66. The van der Waals surface area contributed by atoms with E-state index in [9.17, 15) is 14.3 Å². The Morgan fingerprint density at radius 2 is 2.32 bits per heavy atom. The van der Waals surface area contributed by atoms with Crippen molar-refractivity contribution in [2.45, 2.75) is 32.2 Å². The Morgan fingerprint density at radius 1 is 1.55 bits per heavy atom. The van der Waals surface area contributed by atoms with Crippen LogP contribution < -0.4 is 5.32 Å². The number of rotatable bonds is 5. The number of benzene rings is 1. The molecule has 2 N–H and O–H groups in total. The number of hydrogen-bond acceptors (Lipinski definition) is 3. The number of ether oxygens (including phenoxy) is 1. The quantitative estimate of drug-likeness (QED) is 0.873. The monoisotopic (exact) mass is 327 g/mol. The summed E-state index contributed by atoms with van der Waals surface area (Å²) in [6, 6.07) is 3.52. The summed E-state index contributed by atoms with van der Waals surface area (Å²) >= 11 is 5.65. The first-order chi connectivity index (χ1) is 10.6. The van der Waals surface area contributed by atoms with Crippen molar-refractivity contribution in [3.63, 3.8) is 0 Å². The molecule has 1 aliphatic rings. The SMILES string of the molecule is CCC1=C(C(=O)N[C@H](CO)c2ccc(Cl)c(F)c2)CCCO1. The molecule has 2 rings (SSSR count). The van der Waals surface area contributed by atoms with Crippen molar-refractivity contribution >= 4 is 17.5 Å². The lowest BCUT2D eigenvalue weighted by Crippen LogP contribution is -2.33. The zero-order valence-corrected chi connectivity index (χ0v) is 13.1. The van der Waals surface area contributed by atoms with Crippen LogP contribution in [-0.4, -0.2) is 24.2 Å². The van der Waals surface area contributed by atoms with E-state index in [1.807, 2.05) is 6.92 Å². The van der Waals surface area contributed by atoms with Gasteiger partial charge in [0.25, 0.3) is 5.91 Å². The maximum atomic E-state index is 13.5. The normalized spacial score (nSPS) is 16.2. The fourth-order valence-electron chi connectivity index (χ4n) is 2.44. The Balaban J connectivity index is 2.17. The van der Waals surface area contributed by atoms with E-state index in [-0.39, 0.29) is 17.5 Å². The average Bonchev–Trinajstić information content (AvgIpc) is 2.55. The predicted octanol–water partition coefficient (Wildman–Crippen LogP) is 3.10. The van der Waals surface area contributed by atoms with Crippen LogP contribution in [0.2, 0.25) is 5.02 Å². The van der Waals surface area contributed by atoms with Crippen molar-refractivity contribution in [3.05, 3.63) is 45.9 Å². The number of amides is 1. The number of aliphatic hydroxyl groups is 1. The lowest BCUT2D eigenvalue weighted by molar-refractivity contribution is -0.119. The van der Waals surface area contributed by atoms with Gasteiger partial charge < -0.3 is 15.2 Å². The molecule has 0 saturated heterocycles. The molecule has 1 amide bonds. The van der Waals surface area contributed by atoms with Gasteiger partial charge >= 0.3 is 0 Å². The van der Waals surface area contributed by atoms with Crippen molar-refractivity contribution in [2.24, 2.45) is 0 Å². The van der Waals surface area contributed by atoms with Crippen LogP contribution in [0.15, 0.2) is 29.5 Å². The average molecular weight is 328 g/mol. The second kappa shape index (κ2) is 7.61. The van der Waals surface area contributed by atoms with Gasteiger partial charge in [0.2, 0.25) is 0 Å². The van der Waals surface area contributed by atoms with Gasteiger partial charge in [0.1, 0.15) is 11.6 Å². The van der Waals surface area contributed by atoms with E-state index in [1.54, 1.807) is 6.07 Å². The second-order valence-electron chi connectivity index (χ2n) is 5.09. The first kappa shape index (κ1) is 16.8. The van der Waals surface area contributed by atoms with Crippen LogP contribution in [0.5, 0.6) is 0 Å². The molecule has 0 unspecified atom stereocenters. The molecule has 22 heavy (non-hydrogen) atoms. The summed E-state index contributed by atoms with van der Waals surface area (Å²) in [7, 11) is 0. The van der Waals surface area contributed by atoms with E-state index in [2.05, 4.69) is 5.32 Å². The van der Waals surface area contributed by atoms with Crippen molar-refractivity contribution in [3.8, 4) is 0 Å². The molecule has 120 valence electrons. The molecule has 1 aromatic carbocycles. The van der Waals surface area contributed by atoms with Crippen molar-refractivity contribution in [1.82, 2.24) is 5.32 Å². The Morgan fingerprint density at radius 3 is 2.95 bits per heavy atom. The summed E-state index contributed by atoms with van der Waals surface area (Å²) in [5.41, 5.74) is 1.06. The summed E-state index contributed by atoms with van der Waals surface area (Å²) in [6.45, 7) is 2.21. The van der Waals surface area contributed by atoms with Crippen molar-refractivity contribution in [2.75, 3.05) is 13.2 Å². The van der Waals surface area contributed by atoms with Crippen LogP contribution in [0.3, 0.4) is 0 Å². The molecule has 0 spiro atoms. The minimum Gasteiger partial charge on any atom is -0.497 e. The third-order valence-corrected chi connectivity index (χ3v) is 3.92. The summed E-state index contributed by atoms with van der Waals surface area (Å²) in [5.74, 6) is -0.185. The fourth-order valence-corrected chi connectivity index (χ4v) is 2.55. The molecule has 6 heteroatoms. The van der Waals surface area contributed by atoms with E-state index < -0.39 is 11.9 Å². The number of nitrogens with one attached hydrogen (secondary N) is 1. The molecular formula is C16H19ClFNO3. The molecule has 1 aromatic rings. The maximum Gasteiger partial charge on any atom is 0.251 e. The summed E-state index contributed by atoms with van der Waals surface area (Å²) < 4.78 is 19.0. The number of halogens is 2. The Hall–Kier alpha value is -1.59. The largest absolute Gasteiger partial charge is 0.497 e. The molecule has 1 heterocycles. The Kier molecular flexibility index (Phi) is 5.80. The van der Waals surface area contributed by atoms with Crippen LogP contribution in [0, 0.1) is 5.82 Å². The minimum absolute atomic E-state index is 0.00317. The van der Waals surface area contributed by atoms with E-state index in [1.165, 1.54) is 12.1 Å². The van der Waals surface area contributed by atoms with E-state index in [0.717, 1.165) is 6.42 Å². The van der Waals surface area contributed by atoms with Gasteiger partial charge in [-0.1, -0.05) is 24.6 Å². The van der Waals surface area contributed by atoms with Crippen LogP contribution in [-0.2, 0) is 9.53 Å². The van der Waals surface area contributed by atoms with Gasteiger partial charge in [0.15, 0.2) is 0 Å². The summed E-state index contributed by atoms with van der Waals surface area (Å²) in [4.78, 5) is 12.4. The van der Waals surface area contributed by atoms with Gasteiger partial charge in [-0.2, -0.15) is 0 Å². The van der Waals surface area contributed by atoms with E-state index >= 15 is 0 Å². The molecule has 0 saturated carbocycles. The molecule has 0 aliphatic carbocycles. The molecule has 0 fully saturated rings. The van der Waals surface area contributed by atoms with Gasteiger partial charge in [-0.05, 0) is 30.5 Å². The highest BCUT2D eigenvalue weighted by Crippen LogP contribution is 2.24. The standard InChI is InChI=1S/C16H19ClFNO3/c1-2-15-11(4-3-7-22-15)16(21)19-14(9-20)10-5-6-12(17)13(18)8-10/h5-6,8,14,20H,2-4,7,9H2,1H3,(H,19,21)/t14-/m1/s1. The van der Waals surface area contributed by atoms with Gasteiger partial charge in [0, 0.05) is 6.42 Å². The van der Waals surface area contributed by atoms with Gasteiger partial charge in [-0.3, -0.25) is 4.79 Å². The van der Waals surface area contributed by atoms with Crippen LogP contribution in [0.4, 0.5) is 4.39 Å². The second-order valence-corrected chi connectivity index (χ2v) is 5.50. The first-order valence-electron chi connectivity index (χ1n) is 7.28. The molecule has 1 aliphatic heterocycles. The van der Waals surface area contributed by atoms with Crippen LogP contribution in [0.25, 0.3) is 0 Å². The molecular weight excluding hydrogens is 309 g/mol. The van der Waals surface area contributed by atoms with Crippen LogP contribution in [0.1, 0.15) is 37.8 Å². The molecule has 0 radical (unpaired) electrons. The minimum atomic E-state index is -0.688. The zero-order chi connectivity index (χ0) is 16.1. The molecule has 1 atom stereocenters. The van der Waals surface area contributed by atoms with Crippen molar-refractivity contribution in [1.29, 1.82) is 0 Å². The summed E-state index contributed by atoms with van der Waals surface area (Å²) in [6.07, 6.45) is 2.07. The highest BCUT2D eigenvalue weighted by Gasteiger charge is 2.22. The number of hydrogen-bond donors (Lipinski definition) is 2. The summed E-state index contributed by atoms with van der Waals surface area (Å²) in [5, 5.41) is 12.2. The topological polar surface area (TPSA) is 58.6 Å². The lowest BCUT2D eigenvalue weighted by atomic mass is 10.0. The van der Waals surface area contributed by atoms with Crippen molar-refractivity contribution < 1.29 is 19.0 Å². The van der Waals surface area contributed by atoms with Gasteiger partial charge in [-0.15, -0.1) is 0 Å². The van der Waals surface area contributed by atoms with Crippen LogP contribution >= 0.6 is 11.6 Å². The number of allylic oxidation sites excluding steroid dienone is 1. The fraction of sp³-hybridized carbons (Fsp3) is 0.438. The van der Waals surface area contributed by atoms with Gasteiger partial charge in [0.05, 0.1) is 29.9 Å². The maximum absolute atomic E-state index is 13.5.